The van der Waals surface area contributed by atoms with Crippen LogP contribution in [0.1, 0.15) is 68.5 Å². The number of likely N-dealkylation sites (tertiary alicyclic amines) is 2. The Labute approximate surface area is 174 Å². The average Bonchev–Trinajstić information content (AvgIpc) is 3.36. The third-order valence-electron chi connectivity index (χ3n) is 7.15. The molecule has 3 heterocycles. The molecular weight excluding hydrogens is 370 g/mol. The first-order valence-electron chi connectivity index (χ1n) is 11.3. The van der Waals surface area contributed by atoms with Gasteiger partial charge in [-0.2, -0.15) is 0 Å². The number of aliphatic hydroxyl groups is 1. The first-order chi connectivity index (χ1) is 13.7. The van der Waals surface area contributed by atoms with E-state index < -0.39 is 5.60 Å². The fourth-order valence-electron chi connectivity index (χ4n) is 5.35. The van der Waals surface area contributed by atoms with Crippen LogP contribution in [0.15, 0.2) is 5.38 Å². The second-order valence-corrected chi connectivity index (χ2v) is 10.1. The van der Waals surface area contributed by atoms with Gasteiger partial charge in [-0.1, -0.05) is 19.3 Å². The lowest BCUT2D eigenvalue weighted by molar-refractivity contribution is -0.0327. The summed E-state index contributed by atoms with van der Waals surface area (Å²) in [5.74, 6) is 0.881. The van der Waals surface area contributed by atoms with Gasteiger partial charge in [-0.3, -0.25) is 4.90 Å². The van der Waals surface area contributed by atoms with Gasteiger partial charge in [-0.25, -0.2) is 4.98 Å². The number of nitrogens with zero attached hydrogens (tertiary/aromatic N) is 3. The van der Waals surface area contributed by atoms with E-state index in [-0.39, 0.29) is 0 Å². The van der Waals surface area contributed by atoms with Crippen LogP contribution in [0.5, 0.6) is 0 Å². The Balaban J connectivity index is 1.30. The second-order valence-electron chi connectivity index (χ2n) is 9.18. The molecule has 0 amide bonds. The molecule has 1 atom stereocenters. The van der Waals surface area contributed by atoms with Gasteiger partial charge in [-0.05, 0) is 51.0 Å². The van der Waals surface area contributed by atoms with E-state index in [1.165, 1.54) is 51.5 Å². The van der Waals surface area contributed by atoms with Crippen LogP contribution < -0.4 is 0 Å². The van der Waals surface area contributed by atoms with Gasteiger partial charge in [0, 0.05) is 38.2 Å². The highest BCUT2D eigenvalue weighted by molar-refractivity contribution is 7.09. The molecule has 1 N–H and O–H groups in total. The van der Waals surface area contributed by atoms with Gasteiger partial charge in [-0.15, -0.1) is 11.3 Å². The van der Waals surface area contributed by atoms with Crippen LogP contribution in [0.4, 0.5) is 0 Å². The molecule has 0 unspecified atom stereocenters. The van der Waals surface area contributed by atoms with Crippen LogP contribution in [0.3, 0.4) is 0 Å². The molecule has 0 bridgehead atoms. The summed E-state index contributed by atoms with van der Waals surface area (Å²) in [6, 6.07) is 0.517. The number of thiazole rings is 1. The van der Waals surface area contributed by atoms with Gasteiger partial charge in [0.1, 0.15) is 10.6 Å². The monoisotopic (exact) mass is 407 g/mol. The molecular formula is C22H37N3O2S. The zero-order chi connectivity index (χ0) is 19.4. The summed E-state index contributed by atoms with van der Waals surface area (Å²) in [4.78, 5) is 9.94. The minimum atomic E-state index is -0.727. The highest BCUT2D eigenvalue weighted by atomic mass is 32.1. The van der Waals surface area contributed by atoms with Gasteiger partial charge in [0.25, 0.3) is 0 Å². The van der Waals surface area contributed by atoms with Crippen molar-refractivity contribution in [3.05, 3.63) is 16.1 Å². The van der Waals surface area contributed by atoms with Crippen LogP contribution in [-0.2, 0) is 16.9 Å². The SMILES string of the molecule is COC[C@H]1CCCN1Cc1nc(C2(O)CCN(CC3CCCCC3)CC2)cs1. The smallest absolute Gasteiger partial charge is 0.110 e. The number of aromatic nitrogens is 1. The predicted molar refractivity (Wildman–Crippen MR) is 114 cm³/mol. The second kappa shape index (κ2) is 9.52. The van der Waals surface area contributed by atoms with E-state index in [1.54, 1.807) is 18.4 Å². The quantitative estimate of drug-likeness (QED) is 0.748. The fraction of sp³-hybridized carbons (Fsp3) is 0.864. The number of piperidine rings is 1. The highest BCUT2D eigenvalue weighted by Crippen LogP contribution is 2.35. The average molecular weight is 408 g/mol. The summed E-state index contributed by atoms with van der Waals surface area (Å²) in [5.41, 5.74) is 0.182. The minimum Gasteiger partial charge on any atom is -0.383 e. The summed E-state index contributed by atoms with van der Waals surface area (Å²) in [7, 11) is 1.79. The molecule has 6 heteroatoms. The number of hydrogen-bond donors (Lipinski definition) is 1. The number of ether oxygens (including phenoxy) is 1. The van der Waals surface area contributed by atoms with Crippen molar-refractivity contribution in [2.45, 2.75) is 76.0 Å². The summed E-state index contributed by atoms with van der Waals surface area (Å²) < 4.78 is 5.37. The molecule has 1 aromatic heterocycles. The molecule has 3 fully saturated rings. The maximum atomic E-state index is 11.3. The van der Waals surface area contributed by atoms with Crippen molar-refractivity contribution in [2.75, 3.05) is 39.9 Å². The number of hydrogen-bond acceptors (Lipinski definition) is 6. The summed E-state index contributed by atoms with van der Waals surface area (Å²) in [5, 5.41) is 14.5. The van der Waals surface area contributed by atoms with E-state index in [1.807, 2.05) is 0 Å². The van der Waals surface area contributed by atoms with Crippen molar-refractivity contribution < 1.29 is 9.84 Å². The largest absolute Gasteiger partial charge is 0.383 e. The Morgan fingerprint density at radius 3 is 2.68 bits per heavy atom. The molecule has 3 aliphatic rings. The van der Waals surface area contributed by atoms with Crippen molar-refractivity contribution in [3.63, 3.8) is 0 Å². The standard InChI is InChI=1S/C22H37N3O2S/c1-27-16-19-8-5-11-25(19)15-21-23-20(17-28-21)22(26)9-12-24(13-10-22)14-18-6-3-2-4-7-18/h17-19,26H,2-16H2,1H3/t19-/m1/s1. The lowest BCUT2D eigenvalue weighted by Crippen LogP contribution is -2.44. The van der Waals surface area contributed by atoms with Gasteiger partial charge in [0.05, 0.1) is 18.8 Å². The molecule has 2 saturated heterocycles. The lowest BCUT2D eigenvalue weighted by atomic mass is 9.86. The van der Waals surface area contributed by atoms with Gasteiger partial charge < -0.3 is 14.7 Å². The Kier molecular flexibility index (Phi) is 7.05. The number of rotatable bonds is 7. The van der Waals surface area contributed by atoms with Crippen molar-refractivity contribution in [1.29, 1.82) is 0 Å². The molecule has 4 rings (SSSR count). The third-order valence-corrected chi connectivity index (χ3v) is 7.98. The Hall–Kier alpha value is -0.530. The highest BCUT2D eigenvalue weighted by Gasteiger charge is 2.37. The maximum Gasteiger partial charge on any atom is 0.110 e. The Bertz CT molecular complexity index is 609. The Morgan fingerprint density at radius 2 is 1.93 bits per heavy atom. The van der Waals surface area contributed by atoms with Crippen molar-refractivity contribution in [1.82, 2.24) is 14.8 Å². The molecule has 28 heavy (non-hydrogen) atoms. The first-order valence-corrected chi connectivity index (χ1v) is 12.2. The van der Waals surface area contributed by atoms with Gasteiger partial charge in [0.15, 0.2) is 0 Å². The predicted octanol–water partition coefficient (Wildman–Crippen LogP) is 3.62. The molecule has 0 aromatic carbocycles. The zero-order valence-electron chi connectivity index (χ0n) is 17.4. The molecule has 5 nitrogen and oxygen atoms in total. The Morgan fingerprint density at radius 1 is 1.14 bits per heavy atom. The third kappa shape index (κ3) is 4.96. The molecule has 1 aromatic rings. The van der Waals surface area contributed by atoms with Crippen molar-refractivity contribution in [3.8, 4) is 0 Å². The van der Waals surface area contributed by atoms with E-state index in [2.05, 4.69) is 15.2 Å². The van der Waals surface area contributed by atoms with E-state index in [0.717, 1.165) is 62.2 Å². The van der Waals surface area contributed by atoms with Gasteiger partial charge in [0.2, 0.25) is 0 Å². The topological polar surface area (TPSA) is 48.8 Å². The van der Waals surface area contributed by atoms with E-state index in [9.17, 15) is 5.11 Å². The molecule has 0 radical (unpaired) electrons. The fourth-order valence-corrected chi connectivity index (χ4v) is 6.26. The van der Waals surface area contributed by atoms with Gasteiger partial charge >= 0.3 is 0 Å². The maximum absolute atomic E-state index is 11.3. The zero-order valence-corrected chi connectivity index (χ0v) is 18.3. The minimum absolute atomic E-state index is 0.517. The van der Waals surface area contributed by atoms with Crippen LogP contribution >= 0.6 is 11.3 Å². The van der Waals surface area contributed by atoms with Crippen LogP contribution in [0.2, 0.25) is 0 Å². The molecule has 0 spiro atoms. The van der Waals surface area contributed by atoms with Crippen LogP contribution in [-0.4, -0.2) is 65.8 Å². The normalized spacial score (nSPS) is 27.4. The molecule has 1 saturated carbocycles. The molecule has 2 aliphatic heterocycles. The van der Waals surface area contributed by atoms with Crippen molar-refractivity contribution >= 4 is 11.3 Å². The lowest BCUT2D eigenvalue weighted by Gasteiger charge is -2.39. The number of methoxy groups -OCH3 is 1. The molecule has 158 valence electrons. The summed E-state index contributed by atoms with van der Waals surface area (Å²) in [6.07, 6.45) is 11.1. The van der Waals surface area contributed by atoms with Crippen molar-refractivity contribution in [2.24, 2.45) is 5.92 Å². The van der Waals surface area contributed by atoms with E-state index in [0.29, 0.717) is 6.04 Å². The summed E-state index contributed by atoms with van der Waals surface area (Å²) >= 11 is 1.71. The molecule has 1 aliphatic carbocycles. The summed E-state index contributed by atoms with van der Waals surface area (Å²) in [6.45, 7) is 6.06. The van der Waals surface area contributed by atoms with E-state index in [4.69, 9.17) is 9.72 Å². The van der Waals surface area contributed by atoms with E-state index >= 15 is 0 Å². The first kappa shape index (κ1) is 20.7. The van der Waals surface area contributed by atoms with Crippen LogP contribution in [0, 0.1) is 5.92 Å². The van der Waals surface area contributed by atoms with Crippen LogP contribution in [0.25, 0.3) is 0 Å².